The standard InChI is InChI=1S/C10H15N7O2/c11-10-8(7-13-17(10)4-6-19)14-15-9-1-2-12-16(9)3-5-18/h1-2,7,18-19H,3-6H2,(H2,11,12,13,15)/p+1. The second-order valence-corrected chi connectivity index (χ2v) is 3.76. The van der Waals surface area contributed by atoms with Crippen molar-refractivity contribution in [3.8, 4) is 0 Å². The Labute approximate surface area is 109 Å². The molecule has 19 heavy (non-hydrogen) atoms. The third-order valence-corrected chi connectivity index (χ3v) is 2.49. The number of anilines is 1. The summed E-state index contributed by atoms with van der Waals surface area (Å²) in [6.07, 6.45) is 3.18. The molecule has 5 N–H and O–H groups in total. The molecule has 0 aliphatic rings. The first-order chi connectivity index (χ1) is 9.26. The predicted octanol–water partition coefficient (Wildman–Crippen LogP) is -0.519. The van der Waals surface area contributed by atoms with Crippen molar-refractivity contribution in [2.24, 2.45) is 10.2 Å². The number of aliphatic hydroxyl groups is 2. The number of azo groups is 1. The van der Waals surface area contributed by atoms with Gasteiger partial charge in [-0.2, -0.15) is 9.78 Å². The van der Waals surface area contributed by atoms with Crippen LogP contribution in [0.5, 0.6) is 0 Å². The van der Waals surface area contributed by atoms with E-state index in [0.717, 1.165) is 0 Å². The number of hydrogen-bond donors (Lipinski definition) is 4. The molecule has 0 saturated carbocycles. The molecule has 0 fully saturated rings. The summed E-state index contributed by atoms with van der Waals surface area (Å²) in [4.78, 5) is 0. The van der Waals surface area contributed by atoms with Crippen LogP contribution in [0.2, 0.25) is 0 Å². The summed E-state index contributed by atoms with van der Waals surface area (Å²) in [7, 11) is 0. The highest BCUT2D eigenvalue weighted by molar-refractivity contribution is 5.56. The maximum absolute atomic E-state index is 8.88. The highest BCUT2D eigenvalue weighted by Gasteiger charge is 2.12. The van der Waals surface area contributed by atoms with Crippen LogP contribution in [0.4, 0.5) is 17.3 Å². The van der Waals surface area contributed by atoms with E-state index in [4.69, 9.17) is 15.9 Å². The van der Waals surface area contributed by atoms with E-state index in [-0.39, 0.29) is 13.2 Å². The second-order valence-electron chi connectivity index (χ2n) is 3.76. The van der Waals surface area contributed by atoms with Crippen LogP contribution in [-0.4, -0.2) is 38.3 Å². The van der Waals surface area contributed by atoms with Crippen LogP contribution >= 0.6 is 0 Å². The van der Waals surface area contributed by atoms with Gasteiger partial charge in [-0.1, -0.05) is 0 Å². The van der Waals surface area contributed by atoms with Gasteiger partial charge >= 0.3 is 5.82 Å². The first-order valence-corrected chi connectivity index (χ1v) is 5.78. The first kappa shape index (κ1) is 13.2. The van der Waals surface area contributed by atoms with E-state index in [1.807, 2.05) is 0 Å². The molecular weight excluding hydrogens is 250 g/mol. The average molecular weight is 266 g/mol. The summed E-state index contributed by atoms with van der Waals surface area (Å²) in [5, 5.41) is 32.6. The lowest BCUT2D eigenvalue weighted by Crippen LogP contribution is -2.37. The molecule has 0 aliphatic carbocycles. The quantitative estimate of drug-likeness (QED) is 0.414. The third kappa shape index (κ3) is 2.95. The summed E-state index contributed by atoms with van der Waals surface area (Å²) in [5.41, 5.74) is 6.24. The number of nitrogens with one attached hydrogen (secondary N) is 1. The summed E-state index contributed by atoms with van der Waals surface area (Å²) in [6.45, 7) is 0.678. The van der Waals surface area contributed by atoms with Crippen molar-refractivity contribution in [1.82, 2.24) is 14.9 Å². The van der Waals surface area contributed by atoms with Gasteiger partial charge in [0.15, 0.2) is 11.5 Å². The molecule has 0 amide bonds. The van der Waals surface area contributed by atoms with Crippen molar-refractivity contribution >= 4 is 17.3 Å². The molecule has 0 aliphatic heterocycles. The van der Waals surface area contributed by atoms with E-state index in [9.17, 15) is 0 Å². The molecule has 0 radical (unpaired) electrons. The maximum Gasteiger partial charge on any atom is 0.370 e. The minimum atomic E-state index is -0.0449. The zero-order valence-corrected chi connectivity index (χ0v) is 10.3. The molecule has 0 aromatic carbocycles. The van der Waals surface area contributed by atoms with Crippen LogP contribution < -0.4 is 10.4 Å². The summed E-state index contributed by atoms with van der Waals surface area (Å²) >= 11 is 0. The van der Waals surface area contributed by atoms with Crippen molar-refractivity contribution in [1.29, 1.82) is 0 Å². The molecule has 0 spiro atoms. The van der Waals surface area contributed by atoms with E-state index < -0.39 is 0 Å². The van der Waals surface area contributed by atoms with Gasteiger partial charge in [0.2, 0.25) is 0 Å². The lowest BCUT2D eigenvalue weighted by Gasteiger charge is -1.98. The number of aliphatic hydroxyl groups excluding tert-OH is 2. The molecule has 9 heteroatoms. The Bertz CT molecular complexity index is 560. The normalized spacial score (nSPS) is 11.5. The van der Waals surface area contributed by atoms with Crippen LogP contribution in [0.25, 0.3) is 0 Å². The zero-order valence-electron chi connectivity index (χ0n) is 10.3. The Morgan fingerprint density at radius 3 is 2.95 bits per heavy atom. The molecule has 0 unspecified atom stereocenters. The lowest BCUT2D eigenvalue weighted by molar-refractivity contribution is -0.739. The molecule has 2 rings (SSSR count). The van der Waals surface area contributed by atoms with Gasteiger partial charge in [0.05, 0.1) is 37.1 Å². The summed E-state index contributed by atoms with van der Waals surface area (Å²) in [6, 6.07) is 1.73. The fourth-order valence-corrected chi connectivity index (χ4v) is 1.56. The van der Waals surface area contributed by atoms with Crippen molar-refractivity contribution in [3.63, 3.8) is 0 Å². The van der Waals surface area contributed by atoms with Crippen LogP contribution in [0, 0.1) is 0 Å². The fraction of sp³-hybridized carbons (Fsp3) is 0.400. The van der Waals surface area contributed by atoms with Crippen molar-refractivity contribution in [2.45, 2.75) is 13.1 Å². The van der Waals surface area contributed by atoms with Crippen LogP contribution in [0.3, 0.4) is 0 Å². The number of nitrogen functional groups attached to an aromatic ring is 1. The highest BCUT2D eigenvalue weighted by Crippen LogP contribution is 2.22. The molecule has 0 atom stereocenters. The van der Waals surface area contributed by atoms with Gasteiger partial charge in [-0.15, -0.1) is 0 Å². The summed E-state index contributed by atoms with van der Waals surface area (Å²) in [5.74, 6) is 0.922. The topological polar surface area (TPSA) is 129 Å². The van der Waals surface area contributed by atoms with Crippen molar-refractivity contribution in [3.05, 3.63) is 18.5 Å². The molecule has 0 saturated heterocycles. The number of H-pyrrole nitrogens is 1. The molecule has 2 aromatic rings. The Kier molecular flexibility index (Phi) is 4.21. The zero-order chi connectivity index (χ0) is 13.7. The van der Waals surface area contributed by atoms with E-state index >= 15 is 0 Å². The minimum Gasteiger partial charge on any atom is -0.394 e. The van der Waals surface area contributed by atoms with E-state index in [1.54, 1.807) is 16.9 Å². The Balaban J connectivity index is 2.16. The number of rotatable bonds is 6. The Morgan fingerprint density at radius 2 is 2.21 bits per heavy atom. The Hall–Kier alpha value is -2.26. The SMILES string of the molecule is Nc1c(N=Nc2cc[nH][n+]2CCO)cnn1CCO. The maximum atomic E-state index is 8.88. The number of aromatic amines is 1. The Morgan fingerprint density at radius 1 is 1.37 bits per heavy atom. The van der Waals surface area contributed by atoms with Gasteiger partial charge < -0.3 is 15.9 Å². The minimum absolute atomic E-state index is 0.00424. The smallest absolute Gasteiger partial charge is 0.370 e. The van der Waals surface area contributed by atoms with Crippen molar-refractivity contribution in [2.75, 3.05) is 18.9 Å². The lowest BCUT2D eigenvalue weighted by atomic mass is 10.5. The molecule has 9 nitrogen and oxygen atoms in total. The van der Waals surface area contributed by atoms with Gasteiger partial charge in [-0.25, -0.2) is 9.78 Å². The van der Waals surface area contributed by atoms with Crippen LogP contribution in [0.1, 0.15) is 0 Å². The van der Waals surface area contributed by atoms with Gasteiger partial charge in [0.1, 0.15) is 6.54 Å². The monoisotopic (exact) mass is 266 g/mol. The fourth-order valence-electron chi connectivity index (χ4n) is 1.56. The van der Waals surface area contributed by atoms with Crippen LogP contribution in [-0.2, 0) is 13.1 Å². The van der Waals surface area contributed by atoms with E-state index in [0.29, 0.717) is 30.4 Å². The number of aromatic nitrogens is 4. The summed E-state index contributed by atoms with van der Waals surface area (Å²) < 4.78 is 3.10. The molecule has 2 heterocycles. The third-order valence-electron chi connectivity index (χ3n) is 2.49. The molecular formula is C10H16N7O2+. The van der Waals surface area contributed by atoms with E-state index in [2.05, 4.69) is 20.4 Å². The number of nitrogens with zero attached hydrogens (tertiary/aromatic N) is 5. The molecule has 102 valence electrons. The molecule has 0 bridgehead atoms. The van der Waals surface area contributed by atoms with Crippen molar-refractivity contribution < 1.29 is 14.9 Å². The van der Waals surface area contributed by atoms with Gasteiger partial charge in [0, 0.05) is 6.20 Å². The largest absolute Gasteiger partial charge is 0.394 e. The van der Waals surface area contributed by atoms with Gasteiger partial charge in [-0.3, -0.25) is 0 Å². The molecule has 2 aromatic heterocycles. The van der Waals surface area contributed by atoms with Gasteiger partial charge in [0.25, 0.3) is 0 Å². The second kappa shape index (κ2) is 6.07. The van der Waals surface area contributed by atoms with E-state index in [1.165, 1.54) is 10.9 Å². The number of hydrogen-bond acceptors (Lipinski definition) is 6. The van der Waals surface area contributed by atoms with Gasteiger partial charge in [-0.05, 0) is 5.11 Å². The average Bonchev–Trinajstić information content (AvgIpc) is 2.97. The van der Waals surface area contributed by atoms with Crippen LogP contribution in [0.15, 0.2) is 28.7 Å². The highest BCUT2D eigenvalue weighted by atomic mass is 16.3. The number of nitrogens with two attached hydrogens (primary N) is 1. The first-order valence-electron chi connectivity index (χ1n) is 5.78. The predicted molar refractivity (Wildman–Crippen MR) is 66.0 cm³/mol.